The fourth-order valence-electron chi connectivity index (χ4n) is 3.19. The van der Waals surface area contributed by atoms with Gasteiger partial charge in [0.05, 0.1) is 0 Å². The number of rotatable bonds is 7. The number of hydrogen-bond donors (Lipinski definition) is 2. The molecule has 2 amide bonds. The van der Waals surface area contributed by atoms with Gasteiger partial charge in [-0.05, 0) is 31.4 Å². The van der Waals surface area contributed by atoms with E-state index in [4.69, 9.17) is 0 Å². The van der Waals surface area contributed by atoms with Crippen LogP contribution in [-0.2, 0) is 4.79 Å². The van der Waals surface area contributed by atoms with Crippen LogP contribution in [0.3, 0.4) is 0 Å². The first-order valence-corrected chi connectivity index (χ1v) is 8.78. The Labute approximate surface area is 139 Å². The normalized spacial score (nSPS) is 16.6. The zero-order chi connectivity index (χ0) is 16.5. The lowest BCUT2D eigenvalue weighted by molar-refractivity contribution is -0.121. The van der Waals surface area contributed by atoms with Gasteiger partial charge in [0, 0.05) is 24.6 Å². The SMILES string of the molecule is CC(CC(=O)NCCC1CCCCC1)NC(=O)c1ccccc1. The molecular weight excluding hydrogens is 288 g/mol. The quantitative estimate of drug-likeness (QED) is 0.811. The van der Waals surface area contributed by atoms with Crippen molar-refractivity contribution in [1.29, 1.82) is 0 Å². The second-order valence-electron chi connectivity index (χ2n) is 6.59. The van der Waals surface area contributed by atoms with Crippen LogP contribution in [0.15, 0.2) is 30.3 Å². The van der Waals surface area contributed by atoms with Gasteiger partial charge in [-0.15, -0.1) is 0 Å². The molecule has 2 rings (SSSR count). The third kappa shape index (κ3) is 6.43. The van der Waals surface area contributed by atoms with Gasteiger partial charge in [-0.3, -0.25) is 9.59 Å². The second-order valence-corrected chi connectivity index (χ2v) is 6.59. The Morgan fingerprint density at radius 3 is 2.52 bits per heavy atom. The summed E-state index contributed by atoms with van der Waals surface area (Å²) in [5.74, 6) is 0.661. The molecule has 0 radical (unpaired) electrons. The molecular formula is C19H28N2O2. The van der Waals surface area contributed by atoms with Crippen LogP contribution in [0, 0.1) is 5.92 Å². The molecule has 0 bridgehead atoms. The van der Waals surface area contributed by atoms with Crippen molar-refractivity contribution in [3.63, 3.8) is 0 Å². The number of amides is 2. The molecule has 4 heteroatoms. The molecule has 126 valence electrons. The zero-order valence-electron chi connectivity index (χ0n) is 14.0. The maximum atomic E-state index is 12.0. The summed E-state index contributed by atoms with van der Waals surface area (Å²) in [4.78, 5) is 24.0. The van der Waals surface area contributed by atoms with Gasteiger partial charge in [-0.2, -0.15) is 0 Å². The summed E-state index contributed by atoms with van der Waals surface area (Å²) in [6.45, 7) is 2.62. The van der Waals surface area contributed by atoms with Crippen molar-refractivity contribution in [3.8, 4) is 0 Å². The van der Waals surface area contributed by atoms with E-state index in [1.165, 1.54) is 32.1 Å². The molecule has 0 aromatic heterocycles. The topological polar surface area (TPSA) is 58.2 Å². The average molecular weight is 316 g/mol. The number of carbonyl (C=O) groups excluding carboxylic acids is 2. The zero-order valence-corrected chi connectivity index (χ0v) is 14.0. The van der Waals surface area contributed by atoms with Crippen LogP contribution >= 0.6 is 0 Å². The minimum absolute atomic E-state index is 0.0154. The Morgan fingerprint density at radius 2 is 1.83 bits per heavy atom. The van der Waals surface area contributed by atoms with E-state index < -0.39 is 0 Å². The maximum absolute atomic E-state index is 12.0. The van der Waals surface area contributed by atoms with E-state index in [9.17, 15) is 9.59 Å². The molecule has 0 saturated heterocycles. The summed E-state index contributed by atoms with van der Waals surface area (Å²) in [6.07, 6.45) is 8.04. The monoisotopic (exact) mass is 316 g/mol. The highest BCUT2D eigenvalue weighted by atomic mass is 16.2. The van der Waals surface area contributed by atoms with Gasteiger partial charge >= 0.3 is 0 Å². The standard InChI is InChI=1S/C19H28N2O2/c1-15(21-19(23)17-10-6-3-7-11-17)14-18(22)20-13-12-16-8-4-2-5-9-16/h3,6-7,10-11,15-16H,2,4-5,8-9,12-14H2,1H3,(H,20,22)(H,21,23). The minimum atomic E-state index is -0.169. The third-order valence-corrected chi connectivity index (χ3v) is 4.50. The van der Waals surface area contributed by atoms with Crippen molar-refractivity contribution in [2.45, 2.75) is 57.9 Å². The largest absolute Gasteiger partial charge is 0.356 e. The second kappa shape index (κ2) is 9.33. The highest BCUT2D eigenvalue weighted by Gasteiger charge is 2.15. The fraction of sp³-hybridized carbons (Fsp3) is 0.579. The lowest BCUT2D eigenvalue weighted by Crippen LogP contribution is -2.37. The van der Waals surface area contributed by atoms with Crippen molar-refractivity contribution in [1.82, 2.24) is 10.6 Å². The molecule has 23 heavy (non-hydrogen) atoms. The maximum Gasteiger partial charge on any atom is 0.251 e. The average Bonchev–Trinajstić information content (AvgIpc) is 2.56. The molecule has 1 aromatic carbocycles. The first-order valence-electron chi connectivity index (χ1n) is 8.78. The molecule has 0 aliphatic heterocycles. The molecule has 0 spiro atoms. The van der Waals surface area contributed by atoms with Crippen LogP contribution in [0.4, 0.5) is 0 Å². The van der Waals surface area contributed by atoms with E-state index >= 15 is 0 Å². The Balaban J connectivity index is 1.63. The van der Waals surface area contributed by atoms with Crippen LogP contribution in [0.2, 0.25) is 0 Å². The van der Waals surface area contributed by atoms with E-state index in [-0.39, 0.29) is 17.9 Å². The molecule has 1 saturated carbocycles. The number of nitrogens with one attached hydrogen (secondary N) is 2. The summed E-state index contributed by atoms with van der Waals surface area (Å²) < 4.78 is 0. The first-order chi connectivity index (χ1) is 11.1. The predicted octanol–water partition coefficient (Wildman–Crippen LogP) is 3.28. The van der Waals surface area contributed by atoms with Crippen LogP contribution in [-0.4, -0.2) is 24.4 Å². The van der Waals surface area contributed by atoms with Crippen LogP contribution < -0.4 is 10.6 Å². The molecule has 1 aliphatic carbocycles. The molecule has 1 unspecified atom stereocenters. The molecule has 2 N–H and O–H groups in total. The van der Waals surface area contributed by atoms with Crippen LogP contribution in [0.1, 0.15) is 62.2 Å². The van der Waals surface area contributed by atoms with Crippen molar-refractivity contribution >= 4 is 11.8 Å². The molecule has 1 atom stereocenters. The lowest BCUT2D eigenvalue weighted by atomic mass is 9.87. The lowest BCUT2D eigenvalue weighted by Gasteiger charge is -2.21. The van der Waals surface area contributed by atoms with E-state index in [0.717, 1.165) is 18.9 Å². The van der Waals surface area contributed by atoms with Gasteiger partial charge in [0.25, 0.3) is 5.91 Å². The van der Waals surface area contributed by atoms with Gasteiger partial charge in [0.1, 0.15) is 0 Å². The van der Waals surface area contributed by atoms with Crippen molar-refractivity contribution in [3.05, 3.63) is 35.9 Å². The molecule has 1 aromatic rings. The summed E-state index contributed by atoms with van der Waals surface area (Å²) >= 11 is 0. The van der Waals surface area contributed by atoms with Gasteiger partial charge in [0.2, 0.25) is 5.91 Å². The van der Waals surface area contributed by atoms with E-state index in [1.807, 2.05) is 25.1 Å². The summed E-state index contributed by atoms with van der Waals surface area (Å²) in [5.41, 5.74) is 0.622. The van der Waals surface area contributed by atoms with E-state index in [2.05, 4.69) is 10.6 Å². The van der Waals surface area contributed by atoms with Gasteiger partial charge in [-0.25, -0.2) is 0 Å². The third-order valence-electron chi connectivity index (χ3n) is 4.50. The van der Waals surface area contributed by atoms with Crippen molar-refractivity contribution in [2.75, 3.05) is 6.54 Å². The van der Waals surface area contributed by atoms with E-state index in [0.29, 0.717) is 12.0 Å². The van der Waals surface area contributed by atoms with Gasteiger partial charge < -0.3 is 10.6 Å². The Hall–Kier alpha value is -1.84. The smallest absolute Gasteiger partial charge is 0.251 e. The summed E-state index contributed by atoms with van der Waals surface area (Å²) in [5, 5.41) is 5.85. The first kappa shape index (κ1) is 17.5. The van der Waals surface area contributed by atoms with Crippen molar-refractivity contribution < 1.29 is 9.59 Å². The Bertz CT molecular complexity index is 495. The molecule has 1 fully saturated rings. The molecule has 4 nitrogen and oxygen atoms in total. The van der Waals surface area contributed by atoms with Crippen molar-refractivity contribution in [2.24, 2.45) is 5.92 Å². The van der Waals surface area contributed by atoms with Gasteiger partial charge in [0.15, 0.2) is 0 Å². The Morgan fingerprint density at radius 1 is 1.13 bits per heavy atom. The number of benzene rings is 1. The minimum Gasteiger partial charge on any atom is -0.356 e. The van der Waals surface area contributed by atoms with Crippen LogP contribution in [0.25, 0.3) is 0 Å². The summed E-state index contributed by atoms with van der Waals surface area (Å²) in [7, 11) is 0. The number of hydrogen-bond acceptors (Lipinski definition) is 2. The Kier molecular flexibility index (Phi) is 7.11. The molecule has 1 aliphatic rings. The van der Waals surface area contributed by atoms with E-state index in [1.54, 1.807) is 12.1 Å². The highest BCUT2D eigenvalue weighted by Crippen LogP contribution is 2.25. The predicted molar refractivity (Wildman–Crippen MR) is 92.2 cm³/mol. The van der Waals surface area contributed by atoms with Gasteiger partial charge in [-0.1, -0.05) is 50.3 Å². The molecule has 0 heterocycles. The number of carbonyl (C=O) groups is 2. The summed E-state index contributed by atoms with van der Waals surface area (Å²) in [6, 6.07) is 8.91. The van der Waals surface area contributed by atoms with Crippen LogP contribution in [0.5, 0.6) is 0 Å². The highest BCUT2D eigenvalue weighted by molar-refractivity contribution is 5.94. The fourth-order valence-corrected chi connectivity index (χ4v) is 3.19.